The van der Waals surface area contributed by atoms with Gasteiger partial charge in [0.2, 0.25) is 0 Å². The molecule has 2 aliphatic rings. The fourth-order valence-corrected chi connectivity index (χ4v) is 2.32. The normalized spacial score (nSPS) is 39.3. The van der Waals surface area contributed by atoms with Crippen LogP contribution in [0.3, 0.4) is 0 Å². The summed E-state index contributed by atoms with van der Waals surface area (Å²) in [5.41, 5.74) is 0. The fourth-order valence-electron chi connectivity index (χ4n) is 2.32. The molecule has 0 spiro atoms. The van der Waals surface area contributed by atoms with Crippen LogP contribution < -0.4 is 10.6 Å². The highest BCUT2D eigenvalue weighted by Gasteiger charge is 2.25. The monoisotopic (exact) mass is 154 g/mol. The van der Waals surface area contributed by atoms with Gasteiger partial charge in [0.05, 0.1) is 0 Å². The minimum Gasteiger partial charge on any atom is -0.315 e. The molecule has 0 amide bonds. The van der Waals surface area contributed by atoms with E-state index in [0.29, 0.717) is 0 Å². The van der Waals surface area contributed by atoms with Crippen molar-refractivity contribution in [1.29, 1.82) is 0 Å². The van der Waals surface area contributed by atoms with E-state index in [1.165, 1.54) is 45.3 Å². The van der Waals surface area contributed by atoms with Gasteiger partial charge in [0.15, 0.2) is 0 Å². The molecule has 0 aromatic carbocycles. The van der Waals surface area contributed by atoms with E-state index in [4.69, 9.17) is 0 Å². The van der Waals surface area contributed by atoms with Crippen LogP contribution in [-0.2, 0) is 0 Å². The van der Waals surface area contributed by atoms with Crippen molar-refractivity contribution in [2.24, 2.45) is 5.92 Å². The molecule has 2 nitrogen and oxygen atoms in total. The summed E-state index contributed by atoms with van der Waals surface area (Å²) in [5, 5.41) is 7.07. The van der Waals surface area contributed by atoms with Crippen LogP contribution in [0.5, 0.6) is 0 Å². The maximum atomic E-state index is 3.62. The maximum Gasteiger partial charge on any atom is 0.0221 e. The molecule has 2 heterocycles. The average Bonchev–Trinajstić information content (AvgIpc) is 2.28. The molecule has 0 bridgehead atoms. The molecule has 2 saturated heterocycles. The Labute approximate surface area is 68.7 Å². The van der Waals surface area contributed by atoms with E-state index in [2.05, 4.69) is 10.6 Å². The van der Waals surface area contributed by atoms with Gasteiger partial charge in [-0.2, -0.15) is 0 Å². The summed E-state index contributed by atoms with van der Waals surface area (Å²) in [4.78, 5) is 0. The lowest BCUT2D eigenvalue weighted by Gasteiger charge is -2.30. The van der Waals surface area contributed by atoms with Crippen molar-refractivity contribution in [3.63, 3.8) is 0 Å². The van der Waals surface area contributed by atoms with Crippen LogP contribution in [0.1, 0.15) is 25.7 Å². The molecule has 0 aromatic heterocycles. The van der Waals surface area contributed by atoms with Crippen molar-refractivity contribution in [3.8, 4) is 0 Å². The van der Waals surface area contributed by atoms with Crippen molar-refractivity contribution in [3.05, 3.63) is 0 Å². The molecular formula is C9H18N2. The Balaban J connectivity index is 1.93. The van der Waals surface area contributed by atoms with Gasteiger partial charge in [-0.1, -0.05) is 6.42 Å². The third-order valence-electron chi connectivity index (χ3n) is 3.03. The van der Waals surface area contributed by atoms with Crippen LogP contribution in [0.2, 0.25) is 0 Å². The predicted molar refractivity (Wildman–Crippen MR) is 46.6 cm³/mol. The van der Waals surface area contributed by atoms with Crippen molar-refractivity contribution < 1.29 is 0 Å². The molecule has 0 aliphatic carbocycles. The maximum absolute atomic E-state index is 3.62. The molecule has 2 N–H and O–H groups in total. The predicted octanol–water partition coefficient (Wildman–Crippen LogP) is 0.738. The molecule has 64 valence electrons. The van der Waals surface area contributed by atoms with Gasteiger partial charge in [0.1, 0.15) is 0 Å². The Bertz CT molecular complexity index is 111. The molecule has 11 heavy (non-hydrogen) atoms. The summed E-state index contributed by atoms with van der Waals surface area (Å²) in [6.07, 6.45) is 5.66. The standard InChI is InChI=1S/C9H18N2/c1-2-5-11-9-7-10-6-4-8(9)3-1/h8-11H,1-7H2/t8-,9-/m1/s1. The summed E-state index contributed by atoms with van der Waals surface area (Å²) in [5.74, 6) is 0.971. The number of fused-ring (bicyclic) bond motifs is 1. The van der Waals surface area contributed by atoms with E-state index in [-0.39, 0.29) is 0 Å². The minimum atomic E-state index is 0.784. The Morgan fingerprint density at radius 3 is 3.00 bits per heavy atom. The van der Waals surface area contributed by atoms with Crippen molar-refractivity contribution in [2.45, 2.75) is 31.7 Å². The molecule has 2 rings (SSSR count). The van der Waals surface area contributed by atoms with Gasteiger partial charge in [0.25, 0.3) is 0 Å². The second-order valence-electron chi connectivity index (χ2n) is 3.81. The lowest BCUT2D eigenvalue weighted by Crippen LogP contribution is -2.48. The van der Waals surface area contributed by atoms with E-state index in [9.17, 15) is 0 Å². The number of hydrogen-bond donors (Lipinski definition) is 2. The fraction of sp³-hybridized carbons (Fsp3) is 1.00. The summed E-state index contributed by atoms with van der Waals surface area (Å²) >= 11 is 0. The highest BCUT2D eigenvalue weighted by atomic mass is 15.0. The zero-order chi connectivity index (χ0) is 7.52. The van der Waals surface area contributed by atoms with Gasteiger partial charge in [0, 0.05) is 12.6 Å². The lowest BCUT2D eigenvalue weighted by molar-refractivity contribution is 0.283. The van der Waals surface area contributed by atoms with E-state index < -0.39 is 0 Å². The number of nitrogens with one attached hydrogen (secondary N) is 2. The third kappa shape index (κ3) is 1.74. The Kier molecular flexibility index (Phi) is 2.44. The topological polar surface area (TPSA) is 24.1 Å². The zero-order valence-corrected chi connectivity index (χ0v) is 7.10. The first-order valence-corrected chi connectivity index (χ1v) is 4.91. The van der Waals surface area contributed by atoms with Crippen molar-refractivity contribution in [2.75, 3.05) is 19.6 Å². The van der Waals surface area contributed by atoms with Crippen LogP contribution in [-0.4, -0.2) is 25.7 Å². The van der Waals surface area contributed by atoms with E-state index in [1.54, 1.807) is 0 Å². The van der Waals surface area contributed by atoms with E-state index >= 15 is 0 Å². The van der Waals surface area contributed by atoms with Gasteiger partial charge in [-0.25, -0.2) is 0 Å². The molecule has 0 saturated carbocycles. The molecule has 2 heteroatoms. The van der Waals surface area contributed by atoms with E-state index in [1.807, 2.05) is 0 Å². The largest absolute Gasteiger partial charge is 0.315 e. The van der Waals surface area contributed by atoms with Gasteiger partial charge in [-0.05, 0) is 38.3 Å². The number of rotatable bonds is 0. The summed E-state index contributed by atoms with van der Waals surface area (Å²) in [6, 6.07) is 0.784. The van der Waals surface area contributed by atoms with Crippen LogP contribution >= 0.6 is 0 Å². The highest BCUT2D eigenvalue weighted by molar-refractivity contribution is 4.85. The molecule has 0 radical (unpaired) electrons. The Morgan fingerprint density at radius 1 is 1.00 bits per heavy atom. The molecule has 0 aromatic rings. The second-order valence-corrected chi connectivity index (χ2v) is 3.81. The smallest absolute Gasteiger partial charge is 0.0221 e. The number of hydrogen-bond acceptors (Lipinski definition) is 2. The average molecular weight is 154 g/mol. The van der Waals surface area contributed by atoms with Gasteiger partial charge in [-0.15, -0.1) is 0 Å². The first kappa shape index (κ1) is 7.56. The zero-order valence-electron chi connectivity index (χ0n) is 7.10. The van der Waals surface area contributed by atoms with Gasteiger partial charge < -0.3 is 10.6 Å². The lowest BCUT2D eigenvalue weighted by atomic mass is 9.89. The molecule has 2 aliphatic heterocycles. The van der Waals surface area contributed by atoms with Crippen LogP contribution in [0.4, 0.5) is 0 Å². The summed E-state index contributed by atoms with van der Waals surface area (Å²) in [6.45, 7) is 3.68. The van der Waals surface area contributed by atoms with Crippen molar-refractivity contribution >= 4 is 0 Å². The van der Waals surface area contributed by atoms with Crippen LogP contribution in [0, 0.1) is 5.92 Å². The molecule has 2 atom stereocenters. The number of piperidine rings is 1. The highest BCUT2D eigenvalue weighted by Crippen LogP contribution is 2.21. The first-order chi connectivity index (χ1) is 5.47. The minimum absolute atomic E-state index is 0.784. The Morgan fingerprint density at radius 2 is 2.00 bits per heavy atom. The summed E-state index contributed by atoms with van der Waals surface area (Å²) < 4.78 is 0. The molecule has 0 unspecified atom stereocenters. The first-order valence-electron chi connectivity index (χ1n) is 4.91. The van der Waals surface area contributed by atoms with Gasteiger partial charge in [-0.3, -0.25) is 0 Å². The quantitative estimate of drug-likeness (QED) is 0.538. The van der Waals surface area contributed by atoms with Crippen molar-refractivity contribution in [1.82, 2.24) is 10.6 Å². The van der Waals surface area contributed by atoms with Crippen LogP contribution in [0.25, 0.3) is 0 Å². The summed E-state index contributed by atoms with van der Waals surface area (Å²) in [7, 11) is 0. The van der Waals surface area contributed by atoms with Gasteiger partial charge >= 0.3 is 0 Å². The molecule has 2 fully saturated rings. The molecular weight excluding hydrogens is 136 g/mol. The third-order valence-corrected chi connectivity index (χ3v) is 3.03. The second kappa shape index (κ2) is 3.55. The van der Waals surface area contributed by atoms with E-state index in [0.717, 1.165) is 12.0 Å². The SMILES string of the molecule is C1CC[C@@H]2CCNC[C@H]2NC1. The van der Waals surface area contributed by atoms with Crippen LogP contribution in [0.15, 0.2) is 0 Å². The Hall–Kier alpha value is -0.0800.